The molecule has 2 N–H and O–H groups in total. The highest BCUT2D eigenvalue weighted by molar-refractivity contribution is 7.89. The number of carbonyl (C=O) groups is 3. The van der Waals surface area contributed by atoms with E-state index in [4.69, 9.17) is 0 Å². The van der Waals surface area contributed by atoms with Crippen molar-refractivity contribution in [2.45, 2.75) is 29.7 Å². The Morgan fingerprint density at radius 1 is 1.16 bits per heavy atom. The topological polar surface area (TPSA) is 116 Å². The van der Waals surface area contributed by atoms with Gasteiger partial charge in [0.15, 0.2) is 0 Å². The van der Waals surface area contributed by atoms with Crippen molar-refractivity contribution in [2.24, 2.45) is 0 Å². The number of hydrogen-bond acceptors (Lipinski definition) is 5. The number of rotatable bonds is 5. The number of hydrogen-bond donors (Lipinski definition) is 2. The predicted molar refractivity (Wildman–Crippen MR) is 117 cm³/mol. The van der Waals surface area contributed by atoms with Crippen molar-refractivity contribution < 1.29 is 22.8 Å². The highest BCUT2D eigenvalue weighted by atomic mass is 32.2. The summed E-state index contributed by atoms with van der Waals surface area (Å²) in [5.74, 6) is -1.05. The Morgan fingerprint density at radius 2 is 1.91 bits per heavy atom. The Morgan fingerprint density at radius 3 is 2.66 bits per heavy atom. The zero-order chi connectivity index (χ0) is 23.1. The lowest BCUT2D eigenvalue weighted by Gasteiger charge is -2.33. The monoisotopic (exact) mass is 456 g/mol. The minimum Gasteiger partial charge on any atom is -0.324 e. The van der Waals surface area contributed by atoms with Crippen LogP contribution in [0, 0.1) is 0 Å². The number of imide groups is 1. The summed E-state index contributed by atoms with van der Waals surface area (Å²) in [6.07, 6.45) is 2.04. The first-order valence-corrected chi connectivity index (χ1v) is 11.6. The molecule has 4 amide bonds. The number of nitrogens with zero attached hydrogens (tertiary/aromatic N) is 2. The largest absolute Gasteiger partial charge is 0.325 e. The van der Waals surface area contributed by atoms with Crippen molar-refractivity contribution in [3.63, 3.8) is 0 Å². The quantitative estimate of drug-likeness (QED) is 0.664. The molecule has 168 valence electrons. The smallest absolute Gasteiger partial charge is 0.324 e. The van der Waals surface area contributed by atoms with Gasteiger partial charge >= 0.3 is 6.03 Å². The molecule has 0 bridgehead atoms. The van der Waals surface area contributed by atoms with Gasteiger partial charge in [0.1, 0.15) is 12.1 Å². The van der Waals surface area contributed by atoms with Gasteiger partial charge in [-0.3, -0.25) is 14.5 Å². The SMILES string of the molecule is CN(C)S(=O)(=O)c1cccc(NC(=O)CN2C(=O)NC3(CCCc4ccccc43)C2=O)c1. The zero-order valence-corrected chi connectivity index (χ0v) is 18.6. The summed E-state index contributed by atoms with van der Waals surface area (Å²) < 4.78 is 25.7. The van der Waals surface area contributed by atoms with Crippen LogP contribution in [0.4, 0.5) is 10.5 Å². The average molecular weight is 457 g/mol. The van der Waals surface area contributed by atoms with E-state index in [9.17, 15) is 22.8 Å². The van der Waals surface area contributed by atoms with Gasteiger partial charge in [0.25, 0.3) is 5.91 Å². The van der Waals surface area contributed by atoms with Crippen LogP contribution in [-0.2, 0) is 31.6 Å². The van der Waals surface area contributed by atoms with E-state index in [1.807, 2.05) is 24.3 Å². The summed E-state index contributed by atoms with van der Waals surface area (Å²) >= 11 is 0. The molecule has 1 saturated heterocycles. The summed E-state index contributed by atoms with van der Waals surface area (Å²) in [7, 11) is -0.841. The van der Waals surface area contributed by atoms with Crippen molar-refractivity contribution in [1.82, 2.24) is 14.5 Å². The predicted octanol–water partition coefficient (Wildman–Crippen LogP) is 1.66. The molecule has 4 rings (SSSR count). The van der Waals surface area contributed by atoms with Crippen LogP contribution in [0.3, 0.4) is 0 Å². The second-order valence-electron chi connectivity index (χ2n) is 8.10. The fourth-order valence-corrected chi connectivity index (χ4v) is 5.19. The molecule has 0 radical (unpaired) electrons. The van der Waals surface area contributed by atoms with Crippen LogP contribution in [0.25, 0.3) is 0 Å². The van der Waals surface area contributed by atoms with Crippen LogP contribution in [0.5, 0.6) is 0 Å². The first-order valence-electron chi connectivity index (χ1n) is 10.2. The number of amides is 4. The second-order valence-corrected chi connectivity index (χ2v) is 10.3. The molecule has 2 aliphatic rings. The summed E-state index contributed by atoms with van der Waals surface area (Å²) in [5.41, 5.74) is 0.890. The Balaban J connectivity index is 1.52. The lowest BCUT2D eigenvalue weighted by Crippen LogP contribution is -2.47. The first kappa shape index (κ1) is 22.0. The van der Waals surface area contributed by atoms with Crippen molar-refractivity contribution in [3.8, 4) is 0 Å². The third-order valence-electron chi connectivity index (χ3n) is 5.85. The third-order valence-corrected chi connectivity index (χ3v) is 7.66. The maximum Gasteiger partial charge on any atom is 0.325 e. The molecule has 2 aromatic rings. The Labute approximate surface area is 186 Å². The second kappa shape index (κ2) is 8.03. The van der Waals surface area contributed by atoms with Gasteiger partial charge in [0.2, 0.25) is 15.9 Å². The van der Waals surface area contributed by atoms with Crippen LogP contribution >= 0.6 is 0 Å². The molecule has 1 spiro atoms. The van der Waals surface area contributed by atoms with E-state index in [1.165, 1.54) is 38.4 Å². The number of anilines is 1. The molecular weight excluding hydrogens is 432 g/mol. The van der Waals surface area contributed by atoms with Gasteiger partial charge in [-0.1, -0.05) is 30.3 Å². The van der Waals surface area contributed by atoms with Gasteiger partial charge in [-0.25, -0.2) is 17.5 Å². The molecule has 1 atom stereocenters. The molecule has 0 saturated carbocycles. The highest BCUT2D eigenvalue weighted by Gasteiger charge is 2.54. The molecular formula is C22H24N4O5S. The summed E-state index contributed by atoms with van der Waals surface area (Å²) in [4.78, 5) is 39.5. The summed E-state index contributed by atoms with van der Waals surface area (Å²) in [5, 5.41) is 5.38. The van der Waals surface area contributed by atoms with Crippen LogP contribution in [-0.4, -0.2) is 56.1 Å². The van der Waals surface area contributed by atoms with Gasteiger partial charge in [-0.05, 0) is 48.6 Å². The number of fused-ring (bicyclic) bond motifs is 2. The fourth-order valence-electron chi connectivity index (χ4n) is 4.24. The van der Waals surface area contributed by atoms with E-state index < -0.39 is 40.0 Å². The normalized spacial score (nSPS) is 20.4. The lowest BCUT2D eigenvalue weighted by atomic mass is 9.76. The Hall–Kier alpha value is -3.24. The van der Waals surface area contributed by atoms with Gasteiger partial charge in [-0.2, -0.15) is 0 Å². The van der Waals surface area contributed by atoms with Crippen LogP contribution in [0.2, 0.25) is 0 Å². The van der Waals surface area contributed by atoms with Gasteiger partial charge < -0.3 is 10.6 Å². The highest BCUT2D eigenvalue weighted by Crippen LogP contribution is 2.39. The number of nitrogens with one attached hydrogen (secondary N) is 2. The van der Waals surface area contributed by atoms with Gasteiger partial charge in [0.05, 0.1) is 4.90 Å². The number of urea groups is 1. The Kier molecular flexibility index (Phi) is 5.51. The lowest BCUT2D eigenvalue weighted by molar-refractivity contribution is -0.134. The molecule has 1 aliphatic heterocycles. The number of sulfonamides is 1. The molecule has 10 heteroatoms. The molecule has 2 aromatic carbocycles. The van der Waals surface area contributed by atoms with Crippen molar-refractivity contribution >= 4 is 33.6 Å². The molecule has 32 heavy (non-hydrogen) atoms. The first-order chi connectivity index (χ1) is 15.1. The maximum absolute atomic E-state index is 13.3. The fraction of sp³-hybridized carbons (Fsp3) is 0.318. The molecule has 9 nitrogen and oxygen atoms in total. The zero-order valence-electron chi connectivity index (χ0n) is 17.8. The number of aryl methyl sites for hydroxylation is 1. The Bertz CT molecular complexity index is 1210. The molecule has 1 heterocycles. The van der Waals surface area contributed by atoms with E-state index in [0.717, 1.165) is 33.2 Å². The molecule has 1 unspecified atom stereocenters. The van der Waals surface area contributed by atoms with Crippen molar-refractivity contribution in [1.29, 1.82) is 0 Å². The molecule has 1 aliphatic carbocycles. The van der Waals surface area contributed by atoms with Gasteiger partial charge in [-0.15, -0.1) is 0 Å². The minimum absolute atomic E-state index is 0.0213. The standard InChI is InChI=1S/C22H24N4O5S/c1-25(2)32(30,31)17-10-5-9-16(13-17)23-19(27)14-26-20(28)22(24-21(26)29)12-6-8-15-7-3-4-11-18(15)22/h3-5,7,9-11,13H,6,8,12,14H2,1-2H3,(H,23,27)(H,24,29). The van der Waals surface area contributed by atoms with Crippen LogP contribution in [0.1, 0.15) is 24.0 Å². The van der Waals surface area contributed by atoms with Crippen molar-refractivity contribution in [2.75, 3.05) is 26.0 Å². The minimum atomic E-state index is -3.67. The summed E-state index contributed by atoms with van der Waals surface area (Å²) in [6, 6.07) is 12.7. The van der Waals surface area contributed by atoms with E-state index >= 15 is 0 Å². The van der Waals surface area contributed by atoms with Crippen LogP contribution < -0.4 is 10.6 Å². The van der Waals surface area contributed by atoms with Crippen LogP contribution in [0.15, 0.2) is 53.4 Å². The average Bonchev–Trinajstić information content (AvgIpc) is 2.99. The van der Waals surface area contributed by atoms with Gasteiger partial charge in [0, 0.05) is 19.8 Å². The molecule has 1 fully saturated rings. The van der Waals surface area contributed by atoms with E-state index in [1.54, 1.807) is 0 Å². The van der Waals surface area contributed by atoms with E-state index in [2.05, 4.69) is 10.6 Å². The maximum atomic E-state index is 13.3. The number of carbonyl (C=O) groups excluding carboxylic acids is 3. The van der Waals surface area contributed by atoms with E-state index in [-0.39, 0.29) is 10.6 Å². The third kappa shape index (κ3) is 3.65. The number of benzene rings is 2. The molecule has 0 aromatic heterocycles. The summed E-state index contributed by atoms with van der Waals surface area (Å²) in [6.45, 7) is -0.473. The van der Waals surface area contributed by atoms with Crippen molar-refractivity contribution in [3.05, 3.63) is 59.7 Å². The van der Waals surface area contributed by atoms with E-state index in [0.29, 0.717) is 6.42 Å².